The number of amides is 3. The minimum atomic E-state index is -0.837. The van der Waals surface area contributed by atoms with Gasteiger partial charge in [0.25, 0.3) is 0 Å². The van der Waals surface area contributed by atoms with Crippen molar-refractivity contribution in [2.45, 2.75) is 115 Å². The third-order valence-electron chi connectivity index (χ3n) is 7.47. The van der Waals surface area contributed by atoms with Gasteiger partial charge in [-0.1, -0.05) is 26.7 Å². The van der Waals surface area contributed by atoms with Crippen LogP contribution in [0.25, 0.3) is 0 Å². The van der Waals surface area contributed by atoms with Gasteiger partial charge in [-0.3, -0.25) is 14.4 Å². The van der Waals surface area contributed by atoms with Crippen molar-refractivity contribution >= 4 is 41.2 Å². The maximum absolute atomic E-state index is 12.8. The molecule has 3 aliphatic heterocycles. The first-order valence-corrected chi connectivity index (χ1v) is 15.6. The van der Waals surface area contributed by atoms with E-state index >= 15 is 0 Å². The highest BCUT2D eigenvalue weighted by atomic mass is 32.2. The van der Waals surface area contributed by atoms with Crippen molar-refractivity contribution in [1.82, 2.24) is 16.0 Å². The minimum Gasteiger partial charge on any atom is -0.464 e. The molecular formula is C28H45N3O7S. The van der Waals surface area contributed by atoms with Crippen molar-refractivity contribution in [2.24, 2.45) is 11.8 Å². The second-order valence-electron chi connectivity index (χ2n) is 11.2. The van der Waals surface area contributed by atoms with Crippen LogP contribution in [0.3, 0.4) is 0 Å². The molecule has 0 aromatic carbocycles. The molecule has 3 heterocycles. The van der Waals surface area contributed by atoms with Crippen LogP contribution in [0.4, 0.5) is 4.79 Å². The second kappa shape index (κ2) is 15.6. The molecule has 0 bridgehead atoms. The molecule has 3 rings (SSSR count). The van der Waals surface area contributed by atoms with E-state index in [1.165, 1.54) is 0 Å². The number of unbranched alkanes of at least 4 members (excludes halogenated alkanes) is 3. The molecule has 39 heavy (non-hydrogen) atoms. The molecule has 0 aromatic heterocycles. The SMILES string of the molecule is CCOC(=O)[C@H]1OC1C(=O)C[C@@H](CC(C)C)C(=O)NCCCCCC(=O)CCCC[C@@H]1SC[C@@H]2NC(=O)N[C@@H]21. The maximum Gasteiger partial charge on any atom is 0.338 e. The number of hydrogen-bond donors (Lipinski definition) is 3. The average molecular weight is 568 g/mol. The van der Waals surface area contributed by atoms with E-state index in [0.717, 1.165) is 44.3 Å². The molecule has 6 atom stereocenters. The summed E-state index contributed by atoms with van der Waals surface area (Å²) >= 11 is 1.90. The van der Waals surface area contributed by atoms with Crippen molar-refractivity contribution < 1.29 is 33.4 Å². The third kappa shape index (κ3) is 10.1. The Morgan fingerprint density at radius 2 is 1.79 bits per heavy atom. The standard InChI is InChI=1S/C28H45N3O7S/c1-4-37-27(35)25-24(38-25)21(33)15-18(14-17(2)3)26(34)29-13-9-5-6-10-19(32)11-7-8-12-22-23-20(16-39-22)30-28(36)31-23/h17-18,20,22-25H,4-16H2,1-3H3,(H,29,34)(H2,30,31,36)/t18-,20+,22+,23+,24?,25+/m1/s1. The summed E-state index contributed by atoms with van der Waals surface area (Å²) in [6.45, 7) is 6.45. The molecule has 3 saturated heterocycles. The lowest BCUT2D eigenvalue weighted by atomic mass is 9.90. The normalized spacial score (nSPS) is 25.9. The third-order valence-corrected chi connectivity index (χ3v) is 8.97. The van der Waals surface area contributed by atoms with E-state index in [2.05, 4.69) is 16.0 Å². The number of carbonyl (C=O) groups is 5. The molecular weight excluding hydrogens is 522 g/mol. The van der Waals surface area contributed by atoms with E-state index in [9.17, 15) is 24.0 Å². The number of urea groups is 1. The van der Waals surface area contributed by atoms with Gasteiger partial charge in [0.1, 0.15) is 5.78 Å². The van der Waals surface area contributed by atoms with Gasteiger partial charge in [-0.15, -0.1) is 0 Å². The Bertz CT molecular complexity index is 883. The monoisotopic (exact) mass is 567 g/mol. The van der Waals surface area contributed by atoms with Gasteiger partial charge in [-0.25, -0.2) is 9.59 Å². The number of hydrogen-bond acceptors (Lipinski definition) is 8. The number of ether oxygens (including phenoxy) is 2. The fourth-order valence-corrected chi connectivity index (χ4v) is 6.93. The summed E-state index contributed by atoms with van der Waals surface area (Å²) in [6.07, 6.45) is 5.47. The summed E-state index contributed by atoms with van der Waals surface area (Å²) in [6, 6.07) is 0.394. The maximum atomic E-state index is 12.8. The van der Waals surface area contributed by atoms with Gasteiger partial charge in [0.05, 0.1) is 18.7 Å². The van der Waals surface area contributed by atoms with Crippen molar-refractivity contribution in [1.29, 1.82) is 0 Å². The van der Waals surface area contributed by atoms with Gasteiger partial charge >= 0.3 is 12.0 Å². The summed E-state index contributed by atoms with van der Waals surface area (Å²) in [5.41, 5.74) is 0. The van der Waals surface area contributed by atoms with E-state index in [1.54, 1.807) is 6.92 Å². The van der Waals surface area contributed by atoms with Gasteiger partial charge in [0.15, 0.2) is 18.0 Å². The lowest BCUT2D eigenvalue weighted by Crippen LogP contribution is -2.36. The van der Waals surface area contributed by atoms with E-state index in [1.807, 2.05) is 25.6 Å². The lowest BCUT2D eigenvalue weighted by molar-refractivity contribution is -0.144. The van der Waals surface area contributed by atoms with Gasteiger partial charge in [-0.05, 0) is 44.9 Å². The van der Waals surface area contributed by atoms with Crippen LogP contribution in [-0.4, -0.2) is 77.9 Å². The fourth-order valence-electron chi connectivity index (χ4n) is 5.39. The van der Waals surface area contributed by atoms with Crippen LogP contribution in [0.15, 0.2) is 0 Å². The quantitative estimate of drug-likeness (QED) is 0.0936. The van der Waals surface area contributed by atoms with Gasteiger partial charge in [-0.2, -0.15) is 11.8 Å². The van der Waals surface area contributed by atoms with E-state index in [0.29, 0.717) is 31.1 Å². The Kier molecular flexibility index (Phi) is 12.6. The number of nitrogens with one attached hydrogen (secondary N) is 3. The van der Waals surface area contributed by atoms with Crippen LogP contribution in [0, 0.1) is 11.8 Å². The first-order chi connectivity index (χ1) is 18.7. The fraction of sp³-hybridized carbons (Fsp3) is 0.821. The predicted octanol–water partition coefficient (Wildman–Crippen LogP) is 2.91. The van der Waals surface area contributed by atoms with Crippen LogP contribution in [0.1, 0.15) is 85.0 Å². The number of fused-ring (bicyclic) bond motifs is 1. The number of carbonyl (C=O) groups excluding carboxylic acids is 5. The zero-order valence-corrected chi connectivity index (χ0v) is 24.3. The highest BCUT2D eigenvalue weighted by Crippen LogP contribution is 2.33. The molecule has 0 saturated carbocycles. The molecule has 0 radical (unpaired) electrons. The van der Waals surface area contributed by atoms with Gasteiger partial charge < -0.3 is 25.4 Å². The Labute approximate surface area is 235 Å². The topological polar surface area (TPSA) is 143 Å². The molecule has 3 N–H and O–H groups in total. The van der Waals surface area contributed by atoms with E-state index < -0.39 is 24.1 Å². The average Bonchev–Trinajstić information content (AvgIpc) is 3.49. The molecule has 3 aliphatic rings. The number of esters is 1. The lowest BCUT2D eigenvalue weighted by Gasteiger charge is -2.18. The van der Waals surface area contributed by atoms with Gasteiger partial charge in [0, 0.05) is 42.7 Å². The second-order valence-corrected chi connectivity index (χ2v) is 12.5. The van der Waals surface area contributed by atoms with E-state index in [-0.39, 0.29) is 54.5 Å². The van der Waals surface area contributed by atoms with Crippen molar-refractivity contribution in [3.63, 3.8) is 0 Å². The van der Waals surface area contributed by atoms with Crippen LogP contribution in [0.2, 0.25) is 0 Å². The first kappa shape index (κ1) is 31.4. The number of Topliss-reactive ketones (excluding diaryl/α,β-unsaturated/α-hetero) is 2. The molecule has 10 nitrogen and oxygen atoms in total. The van der Waals surface area contributed by atoms with Crippen molar-refractivity contribution in [3.05, 3.63) is 0 Å². The van der Waals surface area contributed by atoms with Gasteiger partial charge in [0.2, 0.25) is 5.91 Å². The smallest absolute Gasteiger partial charge is 0.338 e. The summed E-state index contributed by atoms with van der Waals surface area (Å²) in [5.74, 6) is 0.110. The molecule has 1 unspecified atom stereocenters. The van der Waals surface area contributed by atoms with E-state index in [4.69, 9.17) is 9.47 Å². The molecule has 3 fully saturated rings. The summed E-state index contributed by atoms with van der Waals surface area (Å²) < 4.78 is 10.1. The molecule has 11 heteroatoms. The Morgan fingerprint density at radius 1 is 1.05 bits per heavy atom. The highest BCUT2D eigenvalue weighted by Gasteiger charge is 2.51. The zero-order valence-electron chi connectivity index (χ0n) is 23.5. The predicted molar refractivity (Wildman–Crippen MR) is 148 cm³/mol. The molecule has 0 aliphatic carbocycles. The number of epoxide rings is 1. The Balaban J connectivity index is 1.22. The van der Waals surface area contributed by atoms with Crippen LogP contribution < -0.4 is 16.0 Å². The molecule has 3 amide bonds. The van der Waals surface area contributed by atoms with Crippen LogP contribution in [0.5, 0.6) is 0 Å². The molecule has 0 aromatic rings. The zero-order chi connectivity index (χ0) is 28.4. The van der Waals surface area contributed by atoms with Crippen LogP contribution in [-0.2, 0) is 28.7 Å². The molecule has 0 spiro atoms. The number of rotatable bonds is 19. The Hall–Kier alpha value is -2.14. The van der Waals surface area contributed by atoms with Crippen LogP contribution >= 0.6 is 11.8 Å². The largest absolute Gasteiger partial charge is 0.464 e. The number of ketones is 2. The minimum absolute atomic E-state index is 0.0469. The van der Waals surface area contributed by atoms with Crippen molar-refractivity contribution in [2.75, 3.05) is 18.9 Å². The summed E-state index contributed by atoms with van der Waals surface area (Å²) in [5, 5.41) is 9.33. The highest BCUT2D eigenvalue weighted by molar-refractivity contribution is 8.00. The number of thioether (sulfide) groups is 1. The Morgan fingerprint density at radius 3 is 2.51 bits per heavy atom. The first-order valence-electron chi connectivity index (χ1n) is 14.5. The van der Waals surface area contributed by atoms with Crippen molar-refractivity contribution in [3.8, 4) is 0 Å². The molecule has 220 valence electrons. The summed E-state index contributed by atoms with van der Waals surface area (Å²) in [7, 11) is 0. The summed E-state index contributed by atoms with van der Waals surface area (Å²) in [4.78, 5) is 60.8.